The van der Waals surface area contributed by atoms with Gasteiger partial charge >= 0.3 is 0 Å². The topological polar surface area (TPSA) is 51.5 Å². The van der Waals surface area contributed by atoms with Gasteiger partial charge in [-0.15, -0.1) is 0 Å². The summed E-state index contributed by atoms with van der Waals surface area (Å²) in [6.07, 6.45) is 3.44. The highest BCUT2D eigenvalue weighted by atomic mass is 16.5. The number of rotatable bonds is 6. The largest absolute Gasteiger partial charge is 0.493 e. The highest BCUT2D eigenvalue weighted by Crippen LogP contribution is 2.40. The number of carbonyl (C=O) groups excluding carboxylic acids is 1. The number of ether oxygens (including phenoxy) is 1. The highest BCUT2D eigenvalue weighted by molar-refractivity contribution is 6.06. The van der Waals surface area contributed by atoms with Crippen molar-refractivity contribution in [3.05, 3.63) is 88.7 Å². The molecule has 34 heavy (non-hydrogen) atoms. The summed E-state index contributed by atoms with van der Waals surface area (Å²) in [5.74, 6) is 0.574. The maximum atomic E-state index is 12.9. The van der Waals surface area contributed by atoms with Crippen molar-refractivity contribution in [3.8, 4) is 16.9 Å². The first-order chi connectivity index (χ1) is 16.3. The van der Waals surface area contributed by atoms with Crippen LogP contribution in [0.25, 0.3) is 27.7 Å². The summed E-state index contributed by atoms with van der Waals surface area (Å²) in [5, 5.41) is 4.02. The molecular weight excluding hydrogens is 422 g/mol. The molecule has 4 nitrogen and oxygen atoms in total. The van der Waals surface area contributed by atoms with Crippen LogP contribution in [-0.2, 0) is 4.79 Å². The zero-order valence-electron chi connectivity index (χ0n) is 20.7. The van der Waals surface area contributed by atoms with Crippen LogP contribution in [0.1, 0.15) is 41.7 Å². The minimum absolute atomic E-state index is 0.169. The van der Waals surface area contributed by atoms with Crippen LogP contribution >= 0.6 is 0 Å². The molecule has 4 rings (SSSR count). The first-order valence-corrected chi connectivity index (χ1v) is 11.6. The van der Waals surface area contributed by atoms with Crippen molar-refractivity contribution in [2.24, 2.45) is 0 Å². The van der Waals surface area contributed by atoms with Crippen LogP contribution in [0.4, 0.5) is 5.69 Å². The highest BCUT2D eigenvalue weighted by Gasteiger charge is 2.19. The van der Waals surface area contributed by atoms with E-state index in [4.69, 9.17) is 9.15 Å². The van der Waals surface area contributed by atoms with Crippen LogP contribution in [0.15, 0.2) is 65.3 Å². The van der Waals surface area contributed by atoms with Crippen molar-refractivity contribution in [1.82, 2.24) is 0 Å². The Kier molecular flexibility index (Phi) is 6.60. The number of fused-ring (bicyclic) bond motifs is 1. The van der Waals surface area contributed by atoms with Crippen molar-refractivity contribution in [1.29, 1.82) is 0 Å². The molecule has 1 N–H and O–H groups in total. The van der Waals surface area contributed by atoms with E-state index in [1.165, 1.54) is 5.56 Å². The van der Waals surface area contributed by atoms with E-state index in [2.05, 4.69) is 42.6 Å². The fourth-order valence-corrected chi connectivity index (χ4v) is 4.23. The van der Waals surface area contributed by atoms with Gasteiger partial charge in [-0.1, -0.05) is 42.0 Å². The van der Waals surface area contributed by atoms with Gasteiger partial charge in [0.05, 0.1) is 12.9 Å². The molecule has 4 aromatic rings. The molecule has 0 saturated heterocycles. The Morgan fingerprint density at radius 2 is 1.76 bits per heavy atom. The number of amides is 1. The van der Waals surface area contributed by atoms with E-state index in [1.807, 2.05) is 52.8 Å². The van der Waals surface area contributed by atoms with E-state index in [0.717, 1.165) is 61.4 Å². The molecule has 0 spiro atoms. The molecule has 0 atom stereocenters. The van der Waals surface area contributed by atoms with Crippen LogP contribution in [0, 0.1) is 27.7 Å². The van der Waals surface area contributed by atoms with Crippen LogP contribution in [0.5, 0.6) is 5.75 Å². The monoisotopic (exact) mass is 453 g/mol. The van der Waals surface area contributed by atoms with Gasteiger partial charge in [-0.25, -0.2) is 0 Å². The Morgan fingerprint density at radius 1 is 1.03 bits per heavy atom. The van der Waals surface area contributed by atoms with E-state index >= 15 is 0 Å². The molecule has 0 aliphatic rings. The summed E-state index contributed by atoms with van der Waals surface area (Å²) in [6, 6.07) is 16.4. The summed E-state index contributed by atoms with van der Waals surface area (Å²) in [7, 11) is 0. The maximum absolute atomic E-state index is 12.9. The van der Waals surface area contributed by atoms with Gasteiger partial charge in [-0.3, -0.25) is 4.79 Å². The normalized spacial score (nSPS) is 11.6. The van der Waals surface area contributed by atoms with E-state index in [-0.39, 0.29) is 5.91 Å². The Hall–Kier alpha value is -3.79. The van der Waals surface area contributed by atoms with E-state index in [0.29, 0.717) is 6.61 Å². The van der Waals surface area contributed by atoms with Crippen LogP contribution in [0.2, 0.25) is 0 Å². The maximum Gasteiger partial charge on any atom is 0.248 e. The first kappa shape index (κ1) is 23.4. The van der Waals surface area contributed by atoms with Gasteiger partial charge in [0.2, 0.25) is 5.91 Å². The van der Waals surface area contributed by atoms with E-state index < -0.39 is 0 Å². The summed E-state index contributed by atoms with van der Waals surface area (Å²) in [5.41, 5.74) is 9.79. The molecule has 0 fully saturated rings. The molecule has 0 aliphatic heterocycles. The summed E-state index contributed by atoms with van der Waals surface area (Å²) in [6.45, 7) is 12.5. The molecule has 0 radical (unpaired) electrons. The zero-order chi connectivity index (χ0) is 24.4. The van der Waals surface area contributed by atoms with Crippen molar-refractivity contribution >= 4 is 28.1 Å². The number of benzene rings is 3. The Labute approximate surface area is 201 Å². The fraction of sp³-hybridized carbons (Fsp3) is 0.233. The third kappa shape index (κ3) is 4.49. The quantitative estimate of drug-likeness (QED) is 0.303. The van der Waals surface area contributed by atoms with Crippen LogP contribution in [0.3, 0.4) is 0 Å². The SMILES string of the molecule is CCOc1c(/C(C)=C/C(=O)Nc2cccc(C)c2C)cc2c(-c3ccc(C)cc3)coc2c1C. The van der Waals surface area contributed by atoms with E-state index in [1.54, 1.807) is 12.3 Å². The second-order valence-corrected chi connectivity index (χ2v) is 8.77. The van der Waals surface area contributed by atoms with Crippen LogP contribution in [-0.4, -0.2) is 12.5 Å². The summed E-state index contributed by atoms with van der Waals surface area (Å²) < 4.78 is 12.0. The minimum Gasteiger partial charge on any atom is -0.493 e. The third-order valence-electron chi connectivity index (χ3n) is 6.33. The molecule has 0 saturated carbocycles. The molecule has 1 aromatic heterocycles. The number of hydrogen-bond acceptors (Lipinski definition) is 3. The first-order valence-electron chi connectivity index (χ1n) is 11.6. The number of hydrogen-bond donors (Lipinski definition) is 1. The Bertz CT molecular complexity index is 1390. The standard InChI is InChI=1S/C30H31NO3/c1-7-33-29-22(6)30-25(26(17-34-30)23-13-11-18(2)12-14-23)16-24(29)20(4)15-28(32)31-27-10-8-9-19(3)21(27)5/h8-17H,7H2,1-6H3,(H,31,32)/b20-15+. The van der Waals surface area contributed by atoms with Crippen LogP contribution < -0.4 is 10.1 Å². The van der Waals surface area contributed by atoms with Crippen molar-refractivity contribution in [3.63, 3.8) is 0 Å². The molecular formula is C30H31NO3. The van der Waals surface area contributed by atoms with Gasteiger partial charge in [-0.2, -0.15) is 0 Å². The van der Waals surface area contributed by atoms with Gasteiger partial charge in [-0.05, 0) is 75.9 Å². The van der Waals surface area contributed by atoms with Gasteiger partial charge in [0.15, 0.2) is 0 Å². The third-order valence-corrected chi connectivity index (χ3v) is 6.33. The number of allylic oxidation sites excluding steroid dienone is 1. The molecule has 174 valence electrons. The molecule has 0 bridgehead atoms. The lowest BCUT2D eigenvalue weighted by Gasteiger charge is -2.15. The number of nitrogens with one attached hydrogen (secondary N) is 1. The number of anilines is 1. The summed E-state index contributed by atoms with van der Waals surface area (Å²) in [4.78, 5) is 12.9. The number of carbonyl (C=O) groups is 1. The van der Waals surface area contributed by atoms with Crippen molar-refractivity contribution < 1.29 is 13.9 Å². The summed E-state index contributed by atoms with van der Waals surface area (Å²) >= 11 is 0. The number of furan rings is 1. The second-order valence-electron chi connectivity index (χ2n) is 8.77. The lowest BCUT2D eigenvalue weighted by molar-refractivity contribution is -0.111. The molecule has 1 heterocycles. The van der Waals surface area contributed by atoms with Crippen molar-refractivity contribution in [2.75, 3.05) is 11.9 Å². The van der Waals surface area contributed by atoms with Gasteiger partial charge < -0.3 is 14.5 Å². The van der Waals surface area contributed by atoms with E-state index in [9.17, 15) is 4.79 Å². The molecule has 3 aromatic carbocycles. The molecule has 4 heteroatoms. The lowest BCUT2D eigenvalue weighted by Crippen LogP contribution is -2.10. The predicted molar refractivity (Wildman–Crippen MR) is 140 cm³/mol. The van der Waals surface area contributed by atoms with Gasteiger partial charge in [0.1, 0.15) is 11.3 Å². The second kappa shape index (κ2) is 9.60. The Morgan fingerprint density at radius 3 is 2.47 bits per heavy atom. The van der Waals surface area contributed by atoms with Crippen molar-refractivity contribution in [2.45, 2.75) is 41.5 Å². The lowest BCUT2D eigenvalue weighted by atomic mass is 9.96. The van der Waals surface area contributed by atoms with Gasteiger partial charge in [0.25, 0.3) is 0 Å². The molecule has 0 aliphatic carbocycles. The molecule has 0 unspecified atom stereocenters. The average molecular weight is 454 g/mol. The average Bonchev–Trinajstić information content (AvgIpc) is 3.23. The molecule has 1 amide bonds. The smallest absolute Gasteiger partial charge is 0.248 e. The van der Waals surface area contributed by atoms with Gasteiger partial charge in [0, 0.05) is 33.8 Å². The minimum atomic E-state index is -0.169. The number of aryl methyl sites for hydroxylation is 3. The predicted octanol–water partition coefficient (Wildman–Crippen LogP) is 7.77. The zero-order valence-corrected chi connectivity index (χ0v) is 20.7. The fourth-order valence-electron chi connectivity index (χ4n) is 4.23. The Balaban J connectivity index is 1.78.